The van der Waals surface area contributed by atoms with Crippen LogP contribution in [-0.4, -0.2) is 45.3 Å². The van der Waals surface area contributed by atoms with Gasteiger partial charge in [0.25, 0.3) is 0 Å². The smallest absolute Gasteiger partial charge is 0.309 e. The molecular weight excluding hydrogens is 426 g/mol. The summed E-state index contributed by atoms with van der Waals surface area (Å²) in [7, 11) is 0. The summed E-state index contributed by atoms with van der Waals surface area (Å²) in [5.74, 6) is 4.35. The van der Waals surface area contributed by atoms with Crippen LogP contribution in [0.25, 0.3) is 0 Å². The molecule has 1 aromatic rings. The number of ketones is 1. The molecule has 176 valence electrons. The summed E-state index contributed by atoms with van der Waals surface area (Å²) in [5, 5.41) is 24.1. The second-order valence-electron chi connectivity index (χ2n) is 9.20. The van der Waals surface area contributed by atoms with Crippen molar-refractivity contribution < 1.29 is 24.5 Å². The number of esters is 1. The highest BCUT2D eigenvalue weighted by molar-refractivity contribution is 7.09. The predicted octanol–water partition coefficient (Wildman–Crippen LogP) is 3.82. The van der Waals surface area contributed by atoms with Crippen molar-refractivity contribution in [3.05, 3.63) is 28.2 Å². The minimum absolute atomic E-state index is 0.0478. The molecular formula is C25H35NO5S. The summed E-state index contributed by atoms with van der Waals surface area (Å²) < 4.78 is 5.53. The maximum Gasteiger partial charge on any atom is 0.309 e. The molecule has 6 nitrogen and oxygen atoms in total. The summed E-state index contributed by atoms with van der Waals surface area (Å²) in [5.41, 5.74) is -0.567. The van der Waals surface area contributed by atoms with E-state index in [4.69, 9.17) is 4.74 Å². The predicted molar refractivity (Wildman–Crippen MR) is 125 cm³/mol. The number of aliphatic hydroxyl groups is 2. The van der Waals surface area contributed by atoms with Gasteiger partial charge in [0.2, 0.25) is 0 Å². The van der Waals surface area contributed by atoms with Crippen LogP contribution in [-0.2, 0) is 14.3 Å². The number of ether oxygens (including phenoxy) is 1. The van der Waals surface area contributed by atoms with Gasteiger partial charge in [0.1, 0.15) is 11.5 Å². The van der Waals surface area contributed by atoms with E-state index in [0.717, 1.165) is 24.3 Å². The molecule has 2 heterocycles. The number of Topliss-reactive ketones (excluding diaryl/α,β-unsaturated/α-hetero) is 1. The van der Waals surface area contributed by atoms with Crippen LogP contribution in [0, 0.1) is 36.0 Å². The lowest BCUT2D eigenvalue weighted by Gasteiger charge is -2.34. The molecule has 0 radical (unpaired) electrons. The molecule has 0 amide bonds. The number of allylic oxidation sites excluding steroid dienone is 1. The first kappa shape index (κ1) is 26.2. The number of cyclic esters (lactones) is 1. The van der Waals surface area contributed by atoms with Crippen molar-refractivity contribution in [1.29, 1.82) is 0 Å². The second-order valence-corrected chi connectivity index (χ2v) is 10.3. The van der Waals surface area contributed by atoms with E-state index in [2.05, 4.69) is 16.8 Å². The van der Waals surface area contributed by atoms with Gasteiger partial charge in [0.05, 0.1) is 29.1 Å². The highest BCUT2D eigenvalue weighted by Gasteiger charge is 2.42. The zero-order valence-electron chi connectivity index (χ0n) is 19.6. The zero-order chi connectivity index (χ0) is 23.9. The number of thiazole rings is 1. The summed E-state index contributed by atoms with van der Waals surface area (Å²) in [6, 6.07) is 0. The van der Waals surface area contributed by atoms with Gasteiger partial charge < -0.3 is 14.9 Å². The van der Waals surface area contributed by atoms with E-state index in [1.54, 1.807) is 20.8 Å². The fourth-order valence-electron chi connectivity index (χ4n) is 3.80. The molecule has 2 rings (SSSR count). The zero-order valence-corrected chi connectivity index (χ0v) is 20.4. The van der Waals surface area contributed by atoms with Gasteiger partial charge >= 0.3 is 5.97 Å². The molecule has 1 aromatic heterocycles. The number of hydrogen-bond acceptors (Lipinski definition) is 7. The van der Waals surface area contributed by atoms with Crippen molar-refractivity contribution >= 4 is 23.1 Å². The first-order valence-electron chi connectivity index (χ1n) is 11.2. The van der Waals surface area contributed by atoms with E-state index in [0.29, 0.717) is 12.1 Å². The van der Waals surface area contributed by atoms with Crippen LogP contribution < -0.4 is 0 Å². The van der Waals surface area contributed by atoms with Crippen molar-refractivity contribution in [2.45, 2.75) is 85.0 Å². The Morgan fingerprint density at radius 2 is 1.94 bits per heavy atom. The third kappa shape index (κ3) is 7.26. The van der Waals surface area contributed by atoms with Gasteiger partial charge in [-0.1, -0.05) is 45.8 Å². The molecule has 32 heavy (non-hydrogen) atoms. The van der Waals surface area contributed by atoms with Gasteiger partial charge in [-0.25, -0.2) is 4.98 Å². The Balaban J connectivity index is 2.23. The molecule has 7 heteroatoms. The molecule has 0 aliphatic carbocycles. The third-order valence-corrected chi connectivity index (χ3v) is 6.91. The average molecular weight is 462 g/mol. The Kier molecular flexibility index (Phi) is 9.63. The van der Waals surface area contributed by atoms with Crippen molar-refractivity contribution in [2.24, 2.45) is 17.3 Å². The van der Waals surface area contributed by atoms with Crippen LogP contribution in [0.2, 0.25) is 0 Å². The number of nitrogens with zero attached hydrogens (tertiary/aromatic N) is 1. The van der Waals surface area contributed by atoms with Crippen LogP contribution in [0.15, 0.2) is 17.5 Å². The number of rotatable bonds is 0. The number of aliphatic hydroxyl groups excluding tert-OH is 2. The molecule has 1 aliphatic rings. The van der Waals surface area contributed by atoms with Crippen LogP contribution >= 0.6 is 11.3 Å². The number of aromatic nitrogens is 1. The summed E-state index contributed by atoms with van der Waals surface area (Å²) >= 11 is 1.50. The maximum absolute atomic E-state index is 13.0. The first-order chi connectivity index (χ1) is 15.0. The Morgan fingerprint density at radius 1 is 1.22 bits per heavy atom. The third-order valence-electron chi connectivity index (χ3n) is 6.14. The van der Waals surface area contributed by atoms with Crippen molar-refractivity contribution in [1.82, 2.24) is 4.98 Å². The van der Waals surface area contributed by atoms with E-state index in [9.17, 15) is 19.8 Å². The molecule has 0 fully saturated rings. The number of carbonyl (C=O) groups is 2. The Hall–Kier alpha value is -2.01. The number of carbonyl (C=O) groups excluding carboxylic acids is 2. The quantitative estimate of drug-likeness (QED) is 0.346. The molecule has 1 aliphatic heterocycles. The second kappa shape index (κ2) is 11.7. The lowest BCUT2D eigenvalue weighted by Crippen LogP contribution is -2.45. The van der Waals surface area contributed by atoms with Gasteiger partial charge in [0.15, 0.2) is 6.10 Å². The highest BCUT2D eigenvalue weighted by Crippen LogP contribution is 2.32. The summed E-state index contributed by atoms with van der Waals surface area (Å²) in [4.78, 5) is 29.9. The van der Waals surface area contributed by atoms with Gasteiger partial charge in [-0.3, -0.25) is 9.59 Å². The van der Waals surface area contributed by atoms with Gasteiger partial charge in [-0.05, 0) is 38.0 Å². The molecule has 0 spiro atoms. The lowest BCUT2D eigenvalue weighted by molar-refractivity contribution is -0.153. The van der Waals surface area contributed by atoms with E-state index in [1.807, 2.05) is 31.4 Å². The minimum atomic E-state index is -1.23. The van der Waals surface area contributed by atoms with Crippen LogP contribution in [0.1, 0.15) is 70.5 Å². The van der Waals surface area contributed by atoms with Gasteiger partial charge in [-0.2, -0.15) is 0 Å². The molecule has 0 saturated carbocycles. The highest BCUT2D eigenvalue weighted by atomic mass is 32.1. The topological polar surface area (TPSA) is 96.7 Å². The monoisotopic (exact) mass is 461 g/mol. The van der Waals surface area contributed by atoms with Crippen LogP contribution in [0.5, 0.6) is 0 Å². The van der Waals surface area contributed by atoms with Crippen molar-refractivity contribution in [3.8, 4) is 11.8 Å². The SMILES string of the molecule is Cc1nc(C#C[C@@H]2C/C=C\CCC[C@H](C)C(O)[C@@H](C)C(=O)C(C)(C)[C@@H](O)CC(=O)O2)cs1. The lowest BCUT2D eigenvalue weighted by atomic mass is 9.73. The van der Waals surface area contributed by atoms with E-state index < -0.39 is 35.6 Å². The fourth-order valence-corrected chi connectivity index (χ4v) is 4.34. The molecule has 0 aromatic carbocycles. The average Bonchev–Trinajstić information content (AvgIpc) is 3.16. The van der Waals surface area contributed by atoms with E-state index in [1.165, 1.54) is 11.3 Å². The molecule has 1 unspecified atom stereocenters. The van der Waals surface area contributed by atoms with Gasteiger partial charge in [-0.15, -0.1) is 11.3 Å². The van der Waals surface area contributed by atoms with Crippen molar-refractivity contribution in [2.75, 3.05) is 0 Å². The Labute approximate surface area is 195 Å². The molecule has 0 saturated heterocycles. The molecule has 5 atom stereocenters. The fraction of sp³-hybridized carbons (Fsp3) is 0.640. The summed E-state index contributed by atoms with van der Waals surface area (Å²) in [6.07, 6.45) is 3.85. The van der Waals surface area contributed by atoms with Crippen molar-refractivity contribution in [3.63, 3.8) is 0 Å². The first-order valence-corrected chi connectivity index (χ1v) is 12.1. The Morgan fingerprint density at radius 3 is 2.59 bits per heavy atom. The maximum atomic E-state index is 13.0. The number of hydrogen-bond donors (Lipinski definition) is 2. The Bertz CT molecular complexity index is 878. The van der Waals surface area contributed by atoms with E-state index >= 15 is 0 Å². The van der Waals surface area contributed by atoms with Gasteiger partial charge in [0, 0.05) is 17.7 Å². The minimum Gasteiger partial charge on any atom is -0.449 e. The normalized spacial score (nSPS) is 31.3. The molecule has 2 N–H and O–H groups in total. The number of aryl methyl sites for hydroxylation is 1. The summed E-state index contributed by atoms with van der Waals surface area (Å²) in [6.45, 7) is 8.73. The largest absolute Gasteiger partial charge is 0.449 e. The van der Waals surface area contributed by atoms with E-state index in [-0.39, 0.29) is 18.1 Å². The van der Waals surface area contributed by atoms with Crippen LogP contribution in [0.4, 0.5) is 0 Å². The molecule has 0 bridgehead atoms. The standard InChI is InChI=1S/C25H35NO5S/c1-16-10-8-6-7-9-11-20(13-12-19-15-32-18(3)26-19)31-22(28)14-21(27)25(4,5)24(30)17(2)23(16)29/h7,9,15-17,20-21,23,27,29H,6,8,10-11,14H2,1-5H3/b9-7-/t16-,17+,20-,21-,23?/m0/s1. The van der Waals surface area contributed by atoms with Crippen LogP contribution in [0.3, 0.4) is 0 Å².